The second-order valence-electron chi connectivity index (χ2n) is 3.54. The molecule has 0 radical (unpaired) electrons. The van der Waals surface area contributed by atoms with E-state index >= 15 is 0 Å². The molecule has 2 rings (SSSR count). The molecule has 0 bridgehead atoms. The minimum Gasteiger partial charge on any atom is -0.198 e. The number of nitrogens with zero attached hydrogens (tertiary/aromatic N) is 1. The average molecular weight is 157 g/mol. The number of fused-ring (bicyclic) bond motifs is 1. The molecule has 0 N–H and O–H groups in total. The fourth-order valence-electron chi connectivity index (χ4n) is 2.04. The molecule has 0 spiro atoms. The fourth-order valence-corrected chi connectivity index (χ4v) is 2.04. The molecule has 1 aliphatic carbocycles. The highest BCUT2D eigenvalue weighted by Crippen LogP contribution is 2.37. The van der Waals surface area contributed by atoms with Crippen LogP contribution in [0.4, 0.5) is 0 Å². The molecular weight excluding hydrogens is 146 g/mol. The number of aryl methyl sites for hydroxylation is 2. The number of hydrogen-bond acceptors (Lipinski definition) is 1. The van der Waals surface area contributed by atoms with E-state index in [-0.39, 0.29) is 5.92 Å². The van der Waals surface area contributed by atoms with E-state index in [4.69, 9.17) is 5.26 Å². The van der Waals surface area contributed by atoms with Crippen molar-refractivity contribution in [3.63, 3.8) is 0 Å². The van der Waals surface area contributed by atoms with Crippen LogP contribution in [0.2, 0.25) is 0 Å². The van der Waals surface area contributed by atoms with Crippen molar-refractivity contribution in [3.05, 3.63) is 34.4 Å². The van der Waals surface area contributed by atoms with Crippen LogP contribution < -0.4 is 0 Å². The van der Waals surface area contributed by atoms with Gasteiger partial charge in [0.15, 0.2) is 0 Å². The van der Waals surface area contributed by atoms with Crippen molar-refractivity contribution in [1.29, 1.82) is 5.26 Å². The molecule has 1 unspecified atom stereocenters. The van der Waals surface area contributed by atoms with Gasteiger partial charge in [-0.3, -0.25) is 0 Å². The summed E-state index contributed by atoms with van der Waals surface area (Å²) in [5, 5.41) is 8.78. The first kappa shape index (κ1) is 7.36. The minimum absolute atomic E-state index is 0.167. The maximum atomic E-state index is 8.78. The van der Waals surface area contributed by atoms with E-state index in [1.165, 1.54) is 22.3 Å². The lowest BCUT2D eigenvalue weighted by molar-refractivity contribution is 0.734. The van der Waals surface area contributed by atoms with Crippen LogP contribution in [0.15, 0.2) is 12.1 Å². The summed E-state index contributed by atoms with van der Waals surface area (Å²) >= 11 is 0. The summed E-state index contributed by atoms with van der Waals surface area (Å²) in [5.41, 5.74) is 5.24. The van der Waals surface area contributed by atoms with Crippen LogP contribution in [0.5, 0.6) is 0 Å². The highest BCUT2D eigenvalue weighted by molar-refractivity contribution is 5.50. The third kappa shape index (κ3) is 0.848. The molecule has 1 heteroatoms. The van der Waals surface area contributed by atoms with Crippen molar-refractivity contribution in [3.8, 4) is 6.07 Å². The predicted octanol–water partition coefficient (Wildman–Crippen LogP) is 2.47. The zero-order valence-electron chi connectivity index (χ0n) is 7.39. The number of benzene rings is 1. The van der Waals surface area contributed by atoms with Crippen LogP contribution in [0, 0.1) is 25.2 Å². The van der Waals surface area contributed by atoms with Gasteiger partial charge in [-0.15, -0.1) is 0 Å². The van der Waals surface area contributed by atoms with Gasteiger partial charge in [-0.25, -0.2) is 0 Å². The molecule has 0 heterocycles. The Labute approximate surface area is 72.6 Å². The van der Waals surface area contributed by atoms with E-state index in [2.05, 4.69) is 32.0 Å². The Morgan fingerprint density at radius 1 is 1.42 bits per heavy atom. The summed E-state index contributed by atoms with van der Waals surface area (Å²) in [4.78, 5) is 0. The number of hydrogen-bond donors (Lipinski definition) is 0. The number of nitriles is 1. The zero-order valence-corrected chi connectivity index (χ0v) is 7.39. The normalized spacial score (nSPS) is 19.2. The van der Waals surface area contributed by atoms with Crippen LogP contribution in [-0.2, 0) is 6.42 Å². The summed E-state index contributed by atoms with van der Waals surface area (Å²) in [6, 6.07) is 6.66. The first-order valence-electron chi connectivity index (χ1n) is 4.22. The molecule has 60 valence electrons. The molecule has 1 atom stereocenters. The van der Waals surface area contributed by atoms with Crippen LogP contribution in [0.3, 0.4) is 0 Å². The standard InChI is InChI=1S/C11H11N/c1-7-3-8(2)11-9(4-7)5-10(11)6-12/h3-4,10H,5H2,1-2H3. The Morgan fingerprint density at radius 2 is 2.17 bits per heavy atom. The summed E-state index contributed by atoms with van der Waals surface area (Å²) in [6.07, 6.45) is 0.953. The van der Waals surface area contributed by atoms with Gasteiger partial charge < -0.3 is 0 Å². The topological polar surface area (TPSA) is 23.8 Å². The van der Waals surface area contributed by atoms with Crippen LogP contribution >= 0.6 is 0 Å². The molecule has 1 aliphatic rings. The largest absolute Gasteiger partial charge is 0.198 e. The summed E-state index contributed by atoms with van der Waals surface area (Å²) in [5.74, 6) is 0.167. The predicted molar refractivity (Wildman–Crippen MR) is 48.0 cm³/mol. The summed E-state index contributed by atoms with van der Waals surface area (Å²) in [6.45, 7) is 4.20. The average Bonchev–Trinajstić information content (AvgIpc) is 1.94. The monoisotopic (exact) mass is 157 g/mol. The first-order valence-corrected chi connectivity index (χ1v) is 4.22. The fraction of sp³-hybridized carbons (Fsp3) is 0.364. The van der Waals surface area contributed by atoms with Gasteiger partial charge in [0, 0.05) is 0 Å². The van der Waals surface area contributed by atoms with Crippen molar-refractivity contribution in [1.82, 2.24) is 0 Å². The van der Waals surface area contributed by atoms with E-state index in [0.29, 0.717) is 0 Å². The zero-order chi connectivity index (χ0) is 8.72. The molecular formula is C11H11N. The Hall–Kier alpha value is -1.29. The van der Waals surface area contributed by atoms with Crippen molar-refractivity contribution in [2.24, 2.45) is 0 Å². The Balaban J connectivity index is 2.55. The third-order valence-corrected chi connectivity index (χ3v) is 2.55. The Bertz CT molecular complexity index is 354. The molecule has 0 saturated heterocycles. The van der Waals surface area contributed by atoms with E-state index in [1.54, 1.807) is 0 Å². The Morgan fingerprint density at radius 3 is 2.75 bits per heavy atom. The quantitative estimate of drug-likeness (QED) is 0.567. The third-order valence-electron chi connectivity index (χ3n) is 2.55. The van der Waals surface area contributed by atoms with Gasteiger partial charge in [0.2, 0.25) is 0 Å². The van der Waals surface area contributed by atoms with Crippen LogP contribution in [-0.4, -0.2) is 0 Å². The van der Waals surface area contributed by atoms with Gasteiger partial charge in [-0.05, 0) is 37.0 Å². The van der Waals surface area contributed by atoms with Gasteiger partial charge in [0.1, 0.15) is 0 Å². The minimum atomic E-state index is 0.167. The first-order chi connectivity index (χ1) is 5.72. The lowest BCUT2D eigenvalue weighted by atomic mass is 9.75. The van der Waals surface area contributed by atoms with Crippen molar-refractivity contribution < 1.29 is 0 Å². The van der Waals surface area contributed by atoms with Crippen LogP contribution in [0.1, 0.15) is 28.2 Å². The molecule has 0 fully saturated rings. The molecule has 0 amide bonds. The summed E-state index contributed by atoms with van der Waals surface area (Å²) in [7, 11) is 0. The van der Waals surface area contributed by atoms with E-state index < -0.39 is 0 Å². The van der Waals surface area contributed by atoms with Crippen molar-refractivity contribution >= 4 is 0 Å². The van der Waals surface area contributed by atoms with Gasteiger partial charge in [0.25, 0.3) is 0 Å². The van der Waals surface area contributed by atoms with E-state index in [0.717, 1.165) is 6.42 Å². The molecule has 0 aliphatic heterocycles. The van der Waals surface area contributed by atoms with Gasteiger partial charge in [-0.1, -0.05) is 17.7 Å². The van der Waals surface area contributed by atoms with Crippen molar-refractivity contribution in [2.45, 2.75) is 26.2 Å². The lowest BCUT2D eigenvalue weighted by Gasteiger charge is -2.27. The van der Waals surface area contributed by atoms with Gasteiger partial charge in [0.05, 0.1) is 12.0 Å². The number of rotatable bonds is 0. The van der Waals surface area contributed by atoms with Gasteiger partial charge in [-0.2, -0.15) is 5.26 Å². The summed E-state index contributed by atoms with van der Waals surface area (Å²) < 4.78 is 0. The lowest BCUT2D eigenvalue weighted by Crippen LogP contribution is -2.17. The molecule has 1 nitrogen and oxygen atoms in total. The second-order valence-corrected chi connectivity index (χ2v) is 3.54. The molecule has 1 aromatic carbocycles. The maximum absolute atomic E-state index is 8.78. The van der Waals surface area contributed by atoms with Crippen LogP contribution in [0.25, 0.3) is 0 Å². The smallest absolute Gasteiger partial charge is 0.0758 e. The molecule has 0 aromatic heterocycles. The van der Waals surface area contributed by atoms with Crippen molar-refractivity contribution in [2.75, 3.05) is 0 Å². The van der Waals surface area contributed by atoms with E-state index in [1.807, 2.05) is 0 Å². The highest BCUT2D eigenvalue weighted by atomic mass is 14.4. The highest BCUT2D eigenvalue weighted by Gasteiger charge is 2.27. The Kier molecular flexibility index (Phi) is 1.44. The maximum Gasteiger partial charge on any atom is 0.0758 e. The molecule has 12 heavy (non-hydrogen) atoms. The molecule has 0 saturated carbocycles. The SMILES string of the molecule is Cc1cc(C)c2c(c1)CC2C#N. The van der Waals surface area contributed by atoms with Gasteiger partial charge >= 0.3 is 0 Å². The van der Waals surface area contributed by atoms with E-state index in [9.17, 15) is 0 Å². The second kappa shape index (κ2) is 2.35. The molecule has 1 aromatic rings.